The van der Waals surface area contributed by atoms with Gasteiger partial charge in [-0.1, -0.05) is 24.3 Å². The van der Waals surface area contributed by atoms with Crippen molar-refractivity contribution in [1.29, 1.82) is 0 Å². The lowest BCUT2D eigenvalue weighted by atomic mass is 10.1. The van der Waals surface area contributed by atoms with Gasteiger partial charge in [-0.2, -0.15) is 0 Å². The van der Waals surface area contributed by atoms with E-state index >= 15 is 0 Å². The lowest BCUT2D eigenvalue weighted by Gasteiger charge is -2.10. The molecule has 0 N–H and O–H groups in total. The summed E-state index contributed by atoms with van der Waals surface area (Å²) >= 11 is 5.93. The Kier molecular flexibility index (Phi) is 3.81. The zero-order chi connectivity index (χ0) is 10.8. The molecule has 0 radical (unpaired) electrons. The zero-order valence-electron chi connectivity index (χ0n) is 7.57. The maximum atomic E-state index is 10.8. The molecule has 0 aromatic heterocycles. The van der Waals surface area contributed by atoms with Crippen LogP contribution in [0.3, 0.4) is 0 Å². The first-order valence-electron chi connectivity index (χ1n) is 4.02. The van der Waals surface area contributed by atoms with Gasteiger partial charge in [0.25, 0.3) is 0 Å². The fourth-order valence-electron chi connectivity index (χ4n) is 1.20. The highest BCUT2D eigenvalue weighted by molar-refractivity contribution is 8.13. The molecule has 0 aliphatic heterocycles. The van der Waals surface area contributed by atoms with Crippen LogP contribution in [-0.2, 0) is 9.05 Å². The van der Waals surface area contributed by atoms with Crippen molar-refractivity contribution in [3.8, 4) is 0 Å². The minimum Gasteiger partial charge on any atom is -0.212 e. The molecule has 1 rings (SSSR count). The van der Waals surface area contributed by atoms with Crippen molar-refractivity contribution in [1.82, 2.24) is 0 Å². The fourth-order valence-corrected chi connectivity index (χ4v) is 3.05. The molecule has 1 atom stereocenters. The van der Waals surface area contributed by atoms with Crippen molar-refractivity contribution >= 4 is 31.3 Å². The van der Waals surface area contributed by atoms with Crippen LogP contribution in [0.2, 0.25) is 0 Å². The Morgan fingerprint density at radius 2 is 1.93 bits per heavy atom. The van der Waals surface area contributed by atoms with Gasteiger partial charge in [0.05, 0.1) is 11.1 Å². The third kappa shape index (κ3) is 3.48. The van der Waals surface area contributed by atoms with Gasteiger partial charge in [0.2, 0.25) is 9.05 Å². The smallest absolute Gasteiger partial charge is 0.212 e. The standard InChI is InChI=1S/C9H10Cl2O2S/c1-7-4-2-3-5-8(7)9(10)6-14(11,12)13/h2-5,9H,6H2,1H3. The molecule has 0 aliphatic rings. The summed E-state index contributed by atoms with van der Waals surface area (Å²) in [5, 5.41) is -0.585. The average Bonchev–Trinajstić information content (AvgIpc) is 2.01. The molecule has 0 spiro atoms. The highest BCUT2D eigenvalue weighted by Crippen LogP contribution is 2.26. The molecule has 78 valence electrons. The van der Waals surface area contributed by atoms with Crippen LogP contribution >= 0.6 is 22.3 Å². The van der Waals surface area contributed by atoms with Crippen LogP contribution in [0.15, 0.2) is 24.3 Å². The first kappa shape index (κ1) is 11.8. The molecular formula is C9H10Cl2O2S. The zero-order valence-corrected chi connectivity index (χ0v) is 9.90. The highest BCUT2D eigenvalue weighted by Gasteiger charge is 2.17. The van der Waals surface area contributed by atoms with Crippen LogP contribution in [0, 0.1) is 6.92 Å². The predicted octanol–water partition coefficient (Wildman–Crippen LogP) is 2.84. The summed E-state index contributed by atoms with van der Waals surface area (Å²) in [6.45, 7) is 1.88. The lowest BCUT2D eigenvalue weighted by molar-refractivity contribution is 0.608. The molecule has 14 heavy (non-hydrogen) atoms. The average molecular weight is 253 g/mol. The van der Waals surface area contributed by atoms with Crippen molar-refractivity contribution in [3.05, 3.63) is 35.4 Å². The summed E-state index contributed by atoms with van der Waals surface area (Å²) in [4.78, 5) is 0. The maximum Gasteiger partial charge on any atom is 0.234 e. The SMILES string of the molecule is Cc1ccccc1C(Cl)CS(=O)(=O)Cl. The second-order valence-electron chi connectivity index (χ2n) is 3.03. The number of benzene rings is 1. The quantitative estimate of drug-likeness (QED) is 0.613. The minimum absolute atomic E-state index is 0.249. The lowest BCUT2D eigenvalue weighted by Crippen LogP contribution is -2.05. The topological polar surface area (TPSA) is 34.1 Å². The predicted molar refractivity (Wildman–Crippen MR) is 59.4 cm³/mol. The molecule has 0 aliphatic carbocycles. The van der Waals surface area contributed by atoms with Gasteiger partial charge >= 0.3 is 0 Å². The van der Waals surface area contributed by atoms with Crippen molar-refractivity contribution in [3.63, 3.8) is 0 Å². The van der Waals surface area contributed by atoms with E-state index in [9.17, 15) is 8.42 Å². The van der Waals surface area contributed by atoms with E-state index < -0.39 is 14.4 Å². The Labute approximate surface area is 93.3 Å². The normalized spacial score (nSPS) is 13.9. The first-order valence-corrected chi connectivity index (χ1v) is 6.93. The Bertz CT molecular complexity index is 415. The van der Waals surface area contributed by atoms with Crippen LogP contribution in [0.1, 0.15) is 16.5 Å². The number of halogens is 2. The van der Waals surface area contributed by atoms with E-state index in [-0.39, 0.29) is 5.75 Å². The molecule has 0 bridgehead atoms. The molecule has 1 aromatic carbocycles. The second kappa shape index (κ2) is 4.51. The van der Waals surface area contributed by atoms with Gasteiger partial charge in [-0.05, 0) is 18.1 Å². The maximum absolute atomic E-state index is 10.8. The van der Waals surface area contributed by atoms with Crippen molar-refractivity contribution < 1.29 is 8.42 Å². The molecule has 0 fully saturated rings. The van der Waals surface area contributed by atoms with Crippen molar-refractivity contribution in [2.24, 2.45) is 0 Å². The third-order valence-corrected chi connectivity index (χ3v) is 3.55. The van der Waals surface area contributed by atoms with E-state index in [0.29, 0.717) is 0 Å². The molecular weight excluding hydrogens is 243 g/mol. The summed E-state index contributed by atoms with van der Waals surface area (Å²) in [6, 6.07) is 7.37. The molecule has 1 unspecified atom stereocenters. The van der Waals surface area contributed by atoms with Crippen LogP contribution in [0.4, 0.5) is 0 Å². The van der Waals surface area contributed by atoms with E-state index in [1.165, 1.54) is 0 Å². The van der Waals surface area contributed by atoms with E-state index in [4.69, 9.17) is 22.3 Å². The van der Waals surface area contributed by atoms with Crippen LogP contribution in [-0.4, -0.2) is 14.2 Å². The summed E-state index contributed by atoms with van der Waals surface area (Å²) in [5.41, 5.74) is 1.77. The second-order valence-corrected chi connectivity index (χ2v) is 6.38. The molecule has 0 amide bonds. The summed E-state index contributed by atoms with van der Waals surface area (Å²) in [5.74, 6) is -0.249. The highest BCUT2D eigenvalue weighted by atomic mass is 35.7. The monoisotopic (exact) mass is 252 g/mol. The molecule has 5 heteroatoms. The summed E-state index contributed by atoms with van der Waals surface area (Å²) < 4.78 is 21.6. The molecule has 1 aromatic rings. The van der Waals surface area contributed by atoms with Gasteiger partial charge in [-0.15, -0.1) is 11.6 Å². The van der Waals surface area contributed by atoms with Gasteiger partial charge in [-0.3, -0.25) is 0 Å². The summed E-state index contributed by atoms with van der Waals surface area (Å²) in [6.07, 6.45) is 0. The van der Waals surface area contributed by atoms with Gasteiger partial charge in [0.15, 0.2) is 0 Å². The largest absolute Gasteiger partial charge is 0.234 e. The van der Waals surface area contributed by atoms with Crippen LogP contribution in [0.25, 0.3) is 0 Å². The van der Waals surface area contributed by atoms with Crippen LogP contribution in [0.5, 0.6) is 0 Å². The Morgan fingerprint density at radius 1 is 1.36 bits per heavy atom. The van der Waals surface area contributed by atoms with Crippen molar-refractivity contribution in [2.45, 2.75) is 12.3 Å². The van der Waals surface area contributed by atoms with Crippen molar-refractivity contribution in [2.75, 3.05) is 5.75 Å². The molecule has 0 saturated carbocycles. The molecule has 0 saturated heterocycles. The van der Waals surface area contributed by atoms with E-state index in [1.807, 2.05) is 25.1 Å². The van der Waals surface area contributed by atoms with Gasteiger partial charge < -0.3 is 0 Å². The summed E-state index contributed by atoms with van der Waals surface area (Å²) in [7, 11) is 1.57. The number of hydrogen-bond donors (Lipinski definition) is 0. The number of hydrogen-bond acceptors (Lipinski definition) is 2. The minimum atomic E-state index is -3.55. The van der Waals surface area contributed by atoms with E-state index in [2.05, 4.69) is 0 Å². The Hall–Kier alpha value is -0.250. The number of rotatable bonds is 3. The molecule has 0 heterocycles. The van der Waals surface area contributed by atoms with Gasteiger partial charge in [0, 0.05) is 10.7 Å². The Balaban J connectivity index is 2.90. The van der Waals surface area contributed by atoms with Gasteiger partial charge in [-0.25, -0.2) is 8.42 Å². The molecule has 2 nitrogen and oxygen atoms in total. The van der Waals surface area contributed by atoms with E-state index in [0.717, 1.165) is 11.1 Å². The third-order valence-electron chi connectivity index (χ3n) is 1.87. The fraction of sp³-hybridized carbons (Fsp3) is 0.333. The van der Waals surface area contributed by atoms with Gasteiger partial charge in [0.1, 0.15) is 0 Å². The first-order chi connectivity index (χ1) is 6.40. The van der Waals surface area contributed by atoms with Crippen LogP contribution < -0.4 is 0 Å². The Morgan fingerprint density at radius 3 is 2.43 bits per heavy atom. The number of aryl methyl sites for hydroxylation is 1. The number of alkyl halides is 1. The van der Waals surface area contributed by atoms with E-state index in [1.54, 1.807) is 6.07 Å².